The number of ether oxygens (including phenoxy) is 2. The van der Waals surface area contributed by atoms with Crippen LogP contribution < -0.4 is 0 Å². The van der Waals surface area contributed by atoms with E-state index in [-0.39, 0.29) is 6.04 Å². The first-order chi connectivity index (χ1) is 12.0. The molecular weight excluding hydrogens is 362 g/mol. The molecule has 1 fully saturated rings. The van der Waals surface area contributed by atoms with Crippen LogP contribution in [-0.4, -0.2) is 37.1 Å². The van der Waals surface area contributed by atoms with E-state index in [2.05, 4.69) is 0 Å². The molecule has 0 unspecified atom stereocenters. The van der Waals surface area contributed by atoms with Crippen molar-refractivity contribution in [2.75, 3.05) is 14.2 Å². The van der Waals surface area contributed by atoms with E-state index in [9.17, 15) is 9.59 Å². The van der Waals surface area contributed by atoms with Crippen LogP contribution in [0.2, 0.25) is 4.34 Å². The number of hydrogen-bond donors (Lipinski definition) is 0. The van der Waals surface area contributed by atoms with Gasteiger partial charge in [-0.15, -0.1) is 11.3 Å². The summed E-state index contributed by atoms with van der Waals surface area (Å²) in [5, 5.41) is 0. The molecule has 0 spiro atoms. The molecule has 0 radical (unpaired) electrons. The molecule has 2 aliphatic rings. The van der Waals surface area contributed by atoms with E-state index in [4.69, 9.17) is 21.1 Å². The van der Waals surface area contributed by atoms with Gasteiger partial charge in [-0.3, -0.25) is 0 Å². The molecular formula is C18H20ClNO4S. The highest BCUT2D eigenvalue weighted by molar-refractivity contribution is 7.16. The van der Waals surface area contributed by atoms with Crippen LogP contribution in [0.15, 0.2) is 35.7 Å². The molecule has 0 N–H and O–H groups in total. The second-order valence-corrected chi connectivity index (χ2v) is 7.86. The summed E-state index contributed by atoms with van der Waals surface area (Å²) >= 11 is 7.41. The minimum atomic E-state index is -0.532. The summed E-state index contributed by atoms with van der Waals surface area (Å²) in [6, 6.07) is 3.87. The van der Waals surface area contributed by atoms with Crippen LogP contribution in [-0.2, 0) is 19.1 Å². The van der Waals surface area contributed by atoms with Gasteiger partial charge in [-0.25, -0.2) is 9.59 Å². The lowest BCUT2D eigenvalue weighted by Crippen LogP contribution is -2.32. The molecule has 2 heterocycles. The highest BCUT2D eigenvalue weighted by Gasteiger charge is 2.37. The quantitative estimate of drug-likeness (QED) is 0.741. The molecule has 25 heavy (non-hydrogen) atoms. The fourth-order valence-corrected chi connectivity index (χ4v) is 4.65. The summed E-state index contributed by atoms with van der Waals surface area (Å²) in [6.45, 7) is 0. The predicted molar refractivity (Wildman–Crippen MR) is 96.4 cm³/mol. The Morgan fingerprint density at radius 1 is 1.08 bits per heavy atom. The predicted octanol–water partition coefficient (Wildman–Crippen LogP) is 3.86. The number of esters is 2. The average molecular weight is 382 g/mol. The Morgan fingerprint density at radius 2 is 1.64 bits per heavy atom. The number of methoxy groups -OCH3 is 2. The van der Waals surface area contributed by atoms with Crippen LogP contribution >= 0.6 is 22.9 Å². The van der Waals surface area contributed by atoms with Crippen LogP contribution in [0.3, 0.4) is 0 Å². The van der Waals surface area contributed by atoms with Crippen molar-refractivity contribution in [1.82, 2.24) is 4.90 Å². The Kier molecular flexibility index (Phi) is 5.49. The molecule has 134 valence electrons. The third-order valence-electron chi connectivity index (χ3n) is 4.67. The number of thiophene rings is 1. The van der Waals surface area contributed by atoms with Crippen molar-refractivity contribution in [2.24, 2.45) is 0 Å². The van der Waals surface area contributed by atoms with E-state index in [0.29, 0.717) is 15.5 Å². The monoisotopic (exact) mass is 381 g/mol. The van der Waals surface area contributed by atoms with Gasteiger partial charge >= 0.3 is 11.9 Å². The lowest BCUT2D eigenvalue weighted by molar-refractivity contribution is -0.137. The van der Waals surface area contributed by atoms with E-state index in [0.717, 1.165) is 30.6 Å². The SMILES string of the molecule is COC(=O)C1=CN(C2CCCC2)C=C(C(=O)OC)C1c1ccc(Cl)s1. The lowest BCUT2D eigenvalue weighted by atomic mass is 9.87. The summed E-state index contributed by atoms with van der Waals surface area (Å²) in [4.78, 5) is 27.7. The zero-order chi connectivity index (χ0) is 18.0. The number of halogens is 1. The van der Waals surface area contributed by atoms with E-state index in [1.54, 1.807) is 6.07 Å². The van der Waals surface area contributed by atoms with Gasteiger partial charge in [0, 0.05) is 23.3 Å². The molecule has 0 bridgehead atoms. The first-order valence-electron chi connectivity index (χ1n) is 8.18. The third kappa shape index (κ3) is 3.60. The van der Waals surface area contributed by atoms with Gasteiger partial charge in [0.05, 0.1) is 35.6 Å². The first-order valence-corrected chi connectivity index (χ1v) is 9.37. The Morgan fingerprint density at radius 3 is 2.08 bits per heavy atom. The van der Waals surface area contributed by atoms with Gasteiger partial charge in [-0.2, -0.15) is 0 Å². The Labute approximate surface area is 155 Å². The van der Waals surface area contributed by atoms with Gasteiger partial charge in [0.1, 0.15) is 0 Å². The molecule has 1 aliphatic heterocycles. The molecule has 0 aromatic carbocycles. The standard InChI is InChI=1S/C18H20ClNO4S/c1-23-17(21)12-9-20(11-5-3-4-6-11)10-13(18(22)24-2)16(12)14-7-8-15(19)25-14/h7-11,16H,3-6H2,1-2H3. The topological polar surface area (TPSA) is 55.8 Å². The van der Waals surface area contributed by atoms with E-state index in [1.807, 2.05) is 23.4 Å². The molecule has 1 aromatic rings. The molecule has 0 amide bonds. The lowest BCUT2D eigenvalue weighted by Gasteiger charge is -2.32. The van der Waals surface area contributed by atoms with Crippen molar-refractivity contribution in [3.63, 3.8) is 0 Å². The molecule has 0 saturated heterocycles. The zero-order valence-electron chi connectivity index (χ0n) is 14.2. The number of hydrogen-bond acceptors (Lipinski definition) is 6. The number of rotatable bonds is 4. The second kappa shape index (κ2) is 7.62. The normalized spacial score (nSPS) is 18.8. The summed E-state index contributed by atoms with van der Waals surface area (Å²) in [5.41, 5.74) is 0.853. The van der Waals surface area contributed by atoms with Gasteiger partial charge < -0.3 is 14.4 Å². The highest BCUT2D eigenvalue weighted by atomic mass is 35.5. The van der Waals surface area contributed by atoms with Crippen LogP contribution in [0.25, 0.3) is 0 Å². The maximum Gasteiger partial charge on any atom is 0.336 e. The summed E-state index contributed by atoms with van der Waals surface area (Å²) in [5.74, 6) is -1.44. The maximum atomic E-state index is 12.4. The van der Waals surface area contributed by atoms with Crippen LogP contribution in [0.4, 0.5) is 0 Å². The molecule has 7 heteroatoms. The highest BCUT2D eigenvalue weighted by Crippen LogP contribution is 2.42. The number of nitrogens with zero attached hydrogens (tertiary/aromatic N) is 1. The number of carbonyl (C=O) groups excluding carboxylic acids is 2. The van der Waals surface area contributed by atoms with Gasteiger partial charge in [0.15, 0.2) is 0 Å². The summed E-state index contributed by atoms with van der Waals surface area (Å²) in [7, 11) is 2.69. The van der Waals surface area contributed by atoms with Crippen molar-refractivity contribution in [3.8, 4) is 0 Å². The molecule has 1 saturated carbocycles. The minimum Gasteiger partial charge on any atom is -0.466 e. The van der Waals surface area contributed by atoms with Gasteiger partial charge in [-0.05, 0) is 25.0 Å². The minimum absolute atomic E-state index is 0.284. The third-order valence-corrected chi connectivity index (χ3v) is 5.96. The zero-order valence-corrected chi connectivity index (χ0v) is 15.7. The molecule has 1 aromatic heterocycles. The molecule has 0 atom stereocenters. The van der Waals surface area contributed by atoms with Gasteiger partial charge in [-0.1, -0.05) is 24.4 Å². The van der Waals surface area contributed by atoms with Crippen molar-refractivity contribution in [2.45, 2.75) is 37.6 Å². The van der Waals surface area contributed by atoms with Crippen molar-refractivity contribution >= 4 is 34.9 Å². The molecule has 1 aliphatic carbocycles. The van der Waals surface area contributed by atoms with E-state index >= 15 is 0 Å². The number of carbonyl (C=O) groups is 2. The Bertz CT molecular complexity index is 699. The fraction of sp³-hybridized carbons (Fsp3) is 0.444. The Hall–Kier alpha value is -1.79. The van der Waals surface area contributed by atoms with Gasteiger partial charge in [0.2, 0.25) is 0 Å². The fourth-order valence-electron chi connectivity index (χ4n) is 3.46. The van der Waals surface area contributed by atoms with Crippen molar-refractivity contribution in [3.05, 3.63) is 44.9 Å². The maximum absolute atomic E-state index is 12.4. The van der Waals surface area contributed by atoms with Crippen molar-refractivity contribution < 1.29 is 19.1 Å². The van der Waals surface area contributed by atoms with E-state index < -0.39 is 17.9 Å². The van der Waals surface area contributed by atoms with Crippen molar-refractivity contribution in [1.29, 1.82) is 0 Å². The second-order valence-electron chi connectivity index (χ2n) is 6.11. The van der Waals surface area contributed by atoms with Crippen LogP contribution in [0, 0.1) is 0 Å². The molecule has 5 nitrogen and oxygen atoms in total. The first kappa shape index (κ1) is 18.0. The van der Waals surface area contributed by atoms with E-state index in [1.165, 1.54) is 25.6 Å². The van der Waals surface area contributed by atoms with Gasteiger partial charge in [0.25, 0.3) is 0 Å². The smallest absolute Gasteiger partial charge is 0.336 e. The largest absolute Gasteiger partial charge is 0.466 e. The summed E-state index contributed by atoms with van der Waals surface area (Å²) in [6.07, 6.45) is 7.98. The summed E-state index contributed by atoms with van der Waals surface area (Å²) < 4.78 is 10.6. The van der Waals surface area contributed by atoms with Crippen LogP contribution in [0.5, 0.6) is 0 Å². The Balaban J connectivity index is 2.08. The average Bonchev–Trinajstić information content (AvgIpc) is 3.30. The molecule has 3 rings (SSSR count). The van der Waals surface area contributed by atoms with Crippen LogP contribution in [0.1, 0.15) is 36.5 Å².